The van der Waals surface area contributed by atoms with Crippen LogP contribution < -0.4 is 36.6 Å². The topological polar surface area (TPSA) is 482 Å². The first kappa shape index (κ1) is 59.3. The highest BCUT2D eigenvalue weighted by molar-refractivity contribution is 6.00. The second kappa shape index (κ2) is 26.1. The van der Waals surface area contributed by atoms with E-state index in [0.29, 0.717) is 17.8 Å². The van der Waals surface area contributed by atoms with Crippen molar-refractivity contribution in [3.63, 3.8) is 0 Å². The molecule has 4 rings (SSSR count). The smallest absolute Gasteiger partial charge is 0.326 e. The second-order valence-electron chi connectivity index (χ2n) is 18.7. The Morgan fingerprint density at radius 1 is 0.533 bits per heavy atom. The molecule has 0 aliphatic heterocycles. The molecule has 0 unspecified atom stereocenters. The molecule has 29 heteroatoms. The fourth-order valence-corrected chi connectivity index (χ4v) is 9.91. The molecule has 0 spiro atoms. The van der Waals surface area contributed by atoms with Crippen molar-refractivity contribution in [2.24, 2.45) is 17.3 Å². The first-order chi connectivity index (χ1) is 35.1. The van der Waals surface area contributed by atoms with Crippen LogP contribution in [0.25, 0.3) is 0 Å². The number of hydrogen-bond acceptors (Lipinski definition) is 16. The molecule has 6 amide bonds. The van der Waals surface area contributed by atoms with Gasteiger partial charge in [0.15, 0.2) is 0 Å². The van der Waals surface area contributed by atoms with Gasteiger partial charge >= 0.3 is 47.8 Å². The molecule has 14 N–H and O–H groups in total. The lowest BCUT2D eigenvalue weighted by atomic mass is 9.55. The third kappa shape index (κ3) is 16.9. The SMILES string of the molecule is C[C@]12CC[C@@H]3c4ccc(OC(=O)CCC(=O)N[C@@H](CC(=O)O)C(=O)N[C@@H](CC(=O)O)C(=O)N[C@@H](CC(=O)O)C(=O)N[C@@H](CC(=O)O)C(=O)N[C@@H](CC(=O)O)C(=O)N[C@@H](CC(=O)O)C(=O)O)cc4CC[C@H]3[C@@H]1CC[C@@H]2O. The molecule has 0 aromatic heterocycles. The molecule has 2 fully saturated rings. The molecule has 1 aromatic rings. The number of aliphatic hydroxyl groups is 1. The van der Waals surface area contributed by atoms with Crippen molar-refractivity contribution in [3.05, 3.63) is 29.3 Å². The first-order valence-corrected chi connectivity index (χ1v) is 23.4. The highest BCUT2D eigenvalue weighted by Crippen LogP contribution is 2.61. The van der Waals surface area contributed by atoms with Crippen LogP contribution >= 0.6 is 0 Å². The Labute approximate surface area is 424 Å². The molecule has 2 saturated carbocycles. The average Bonchev–Trinajstić information content (AvgIpc) is 3.61. The van der Waals surface area contributed by atoms with E-state index in [1.165, 1.54) is 0 Å². The predicted molar refractivity (Wildman–Crippen MR) is 245 cm³/mol. The number of rotatable bonds is 28. The molecule has 75 heavy (non-hydrogen) atoms. The molecule has 3 aliphatic rings. The number of benzene rings is 1. The fourth-order valence-electron chi connectivity index (χ4n) is 9.91. The largest absolute Gasteiger partial charge is 0.481 e. The van der Waals surface area contributed by atoms with Gasteiger partial charge in [0.2, 0.25) is 35.4 Å². The van der Waals surface area contributed by atoms with Crippen LogP contribution in [-0.4, -0.2) is 166 Å². The molecule has 3 aliphatic carbocycles. The van der Waals surface area contributed by atoms with Gasteiger partial charge in [-0.05, 0) is 85.0 Å². The van der Waals surface area contributed by atoms with E-state index in [0.717, 1.165) is 49.7 Å². The van der Waals surface area contributed by atoms with Crippen LogP contribution in [0.3, 0.4) is 0 Å². The summed E-state index contributed by atoms with van der Waals surface area (Å²) in [6, 6.07) is -8.11. The van der Waals surface area contributed by atoms with Crippen molar-refractivity contribution in [2.45, 2.75) is 145 Å². The van der Waals surface area contributed by atoms with Crippen molar-refractivity contribution < 1.29 is 113 Å². The van der Waals surface area contributed by atoms with E-state index in [1.807, 2.05) is 11.4 Å². The van der Waals surface area contributed by atoms with Crippen LogP contribution in [-0.2, 0) is 73.5 Å². The molecule has 29 nitrogen and oxygen atoms in total. The van der Waals surface area contributed by atoms with Crippen molar-refractivity contribution in [1.82, 2.24) is 31.9 Å². The quantitative estimate of drug-likeness (QED) is 0.0303. The van der Waals surface area contributed by atoms with Crippen LogP contribution in [0.15, 0.2) is 18.2 Å². The number of aliphatic carboxylic acids is 7. The number of carboxylic acid groups (broad SMARTS) is 7. The fraction of sp³-hybridized carbons (Fsp3) is 0.565. The first-order valence-electron chi connectivity index (χ1n) is 23.4. The van der Waals surface area contributed by atoms with Gasteiger partial charge in [-0.2, -0.15) is 0 Å². The summed E-state index contributed by atoms with van der Waals surface area (Å²) in [5.41, 5.74) is 2.06. The Bertz CT molecular complexity index is 2460. The molecule has 410 valence electrons. The van der Waals surface area contributed by atoms with Gasteiger partial charge in [0.1, 0.15) is 42.0 Å². The molecule has 0 bridgehead atoms. The summed E-state index contributed by atoms with van der Waals surface area (Å²) in [7, 11) is 0. The predicted octanol–water partition coefficient (Wildman–Crippen LogP) is -2.57. The van der Waals surface area contributed by atoms with Crippen LogP contribution in [0.5, 0.6) is 5.75 Å². The lowest BCUT2D eigenvalue weighted by molar-refractivity contribution is -0.148. The summed E-state index contributed by atoms with van der Waals surface area (Å²) in [5, 5.41) is 87.2. The van der Waals surface area contributed by atoms with Crippen molar-refractivity contribution in [3.8, 4) is 5.75 Å². The van der Waals surface area contributed by atoms with E-state index < -0.39 is 171 Å². The van der Waals surface area contributed by atoms with E-state index >= 15 is 0 Å². The van der Waals surface area contributed by atoms with Gasteiger partial charge in [-0.25, -0.2) is 4.79 Å². The Morgan fingerprint density at radius 2 is 0.933 bits per heavy atom. The number of esters is 1. The van der Waals surface area contributed by atoms with Gasteiger partial charge in [-0.3, -0.25) is 62.3 Å². The average molecular weight is 1060 g/mol. The highest BCUT2D eigenvalue weighted by Gasteiger charge is 2.54. The van der Waals surface area contributed by atoms with Gasteiger partial charge in [-0.1, -0.05) is 13.0 Å². The van der Waals surface area contributed by atoms with Crippen LogP contribution in [0.4, 0.5) is 0 Å². The van der Waals surface area contributed by atoms with Gasteiger partial charge in [-0.15, -0.1) is 0 Å². The molecule has 0 saturated heterocycles. The van der Waals surface area contributed by atoms with Crippen molar-refractivity contribution in [1.29, 1.82) is 0 Å². The number of amides is 6. The summed E-state index contributed by atoms with van der Waals surface area (Å²) in [6.07, 6.45) is -4.18. The van der Waals surface area contributed by atoms with Crippen LogP contribution in [0.2, 0.25) is 0 Å². The Kier molecular flexibility index (Phi) is 20.7. The summed E-state index contributed by atoms with van der Waals surface area (Å²) >= 11 is 0. The number of carbonyl (C=O) groups is 14. The van der Waals surface area contributed by atoms with E-state index in [-0.39, 0.29) is 17.3 Å². The lowest BCUT2D eigenvalue weighted by Crippen LogP contribution is -2.60. The van der Waals surface area contributed by atoms with Crippen LogP contribution in [0.1, 0.15) is 107 Å². The summed E-state index contributed by atoms with van der Waals surface area (Å²) < 4.78 is 5.48. The van der Waals surface area contributed by atoms with Gasteiger partial charge < -0.3 is 77.5 Å². The normalized spacial score (nSPS) is 21.6. The molecular formula is C46H58N6O23. The number of carbonyl (C=O) groups excluding carboxylic acids is 7. The monoisotopic (exact) mass is 1060 g/mol. The minimum absolute atomic E-state index is 0.109. The summed E-state index contributed by atoms with van der Waals surface area (Å²) in [4.78, 5) is 173. The number of nitrogens with one attached hydrogen (secondary N) is 6. The minimum atomic E-state index is -2.35. The Hall–Kier alpha value is -8.24. The lowest BCUT2D eigenvalue weighted by Gasteiger charge is -2.50. The number of aliphatic hydroxyl groups excluding tert-OH is 1. The maximum Gasteiger partial charge on any atom is 0.326 e. The van der Waals surface area contributed by atoms with E-state index in [4.69, 9.17) is 9.84 Å². The number of hydrogen-bond donors (Lipinski definition) is 14. The number of carboxylic acids is 7. The summed E-state index contributed by atoms with van der Waals surface area (Å²) in [5.74, 6) is -21.3. The zero-order valence-corrected chi connectivity index (χ0v) is 40.1. The maximum absolute atomic E-state index is 13.5. The second-order valence-corrected chi connectivity index (χ2v) is 18.7. The third-order valence-corrected chi connectivity index (χ3v) is 13.5. The van der Waals surface area contributed by atoms with E-state index in [1.54, 1.807) is 33.4 Å². The Morgan fingerprint density at radius 3 is 1.35 bits per heavy atom. The maximum atomic E-state index is 13.5. The highest BCUT2D eigenvalue weighted by atomic mass is 16.5. The molecule has 11 atom stereocenters. The third-order valence-electron chi connectivity index (χ3n) is 13.5. The van der Waals surface area contributed by atoms with Crippen molar-refractivity contribution in [2.75, 3.05) is 0 Å². The standard InChI is InChI=1S/C46H58N6O23/c1-46-11-10-22-21-5-3-20(12-19(21)2-4-23(22)24(46)6-7-31(46)53)75-39(67)9-8-32(54)47-25(13-33(55)56)40(68)48-26(14-34(57)58)41(69)49-27(15-35(59)60)42(70)50-28(16-36(61)62)43(71)51-29(17-37(63)64)44(72)52-30(45(73)74)18-38(65)66/h3,5,12,22-31,53H,2,4,6-11,13-18H2,1H3,(H,47,54)(H,48,68)(H,49,69)(H,50,70)(H,51,71)(H,52,72)(H,55,56)(H,57,58)(H,59,60)(H,61,62)(H,63,64)(H,65,66)(H,73,74)/t22-,23-,24+,25+,26+,27+,28+,29+,30+,31+,46+/m1/s1. The Balaban J connectivity index is 1.40. The van der Waals surface area contributed by atoms with Gasteiger partial charge in [0.05, 0.1) is 51.0 Å². The molecular weight excluding hydrogens is 1000 g/mol. The number of ether oxygens (including phenoxy) is 1. The zero-order valence-electron chi connectivity index (χ0n) is 40.1. The number of fused-ring (bicyclic) bond motifs is 5. The zero-order chi connectivity index (χ0) is 56.1. The minimum Gasteiger partial charge on any atom is -0.481 e. The van der Waals surface area contributed by atoms with E-state index in [9.17, 15) is 103 Å². The molecule has 0 radical (unpaired) electrons. The molecule has 1 aromatic carbocycles. The summed E-state index contributed by atoms with van der Waals surface area (Å²) in [6.45, 7) is 2.17. The van der Waals surface area contributed by atoms with Gasteiger partial charge in [0.25, 0.3) is 0 Å². The number of aryl methyl sites for hydroxylation is 1. The van der Waals surface area contributed by atoms with Crippen molar-refractivity contribution >= 4 is 83.2 Å². The molecule has 0 heterocycles. The van der Waals surface area contributed by atoms with Crippen LogP contribution in [0, 0.1) is 17.3 Å². The van der Waals surface area contributed by atoms with Gasteiger partial charge in [0, 0.05) is 6.42 Å². The van der Waals surface area contributed by atoms with E-state index in [2.05, 4.69) is 12.2 Å².